The van der Waals surface area contributed by atoms with E-state index in [4.69, 9.17) is 5.73 Å². The molecule has 0 unspecified atom stereocenters. The van der Waals surface area contributed by atoms with Crippen molar-refractivity contribution < 1.29 is 0 Å². The highest BCUT2D eigenvalue weighted by Crippen LogP contribution is 2.14. The lowest BCUT2D eigenvalue weighted by molar-refractivity contribution is 0.647. The van der Waals surface area contributed by atoms with Gasteiger partial charge in [-0.3, -0.25) is 0 Å². The Balaban J connectivity index is 2.73. The maximum atomic E-state index is 5.52. The molecule has 0 amide bonds. The Kier molecular flexibility index (Phi) is 3.90. The van der Waals surface area contributed by atoms with Crippen molar-refractivity contribution in [1.82, 2.24) is 0 Å². The first kappa shape index (κ1) is 11.0. The van der Waals surface area contributed by atoms with Gasteiger partial charge in [-0.05, 0) is 29.0 Å². The summed E-state index contributed by atoms with van der Waals surface area (Å²) >= 11 is 0. The molecule has 0 saturated carbocycles. The average molecular weight is 189 g/mol. The van der Waals surface area contributed by atoms with Crippen molar-refractivity contribution in [2.45, 2.75) is 20.3 Å². The fourth-order valence-corrected chi connectivity index (χ4v) is 1.47. The zero-order chi connectivity index (χ0) is 10.6. The second kappa shape index (κ2) is 4.97. The summed E-state index contributed by atoms with van der Waals surface area (Å²) in [6.45, 7) is 8.90. The second-order valence-electron chi connectivity index (χ2n) is 4.10. The largest absolute Gasteiger partial charge is 0.326 e. The summed E-state index contributed by atoms with van der Waals surface area (Å²) in [7, 11) is 0. The first-order valence-corrected chi connectivity index (χ1v) is 5.10. The summed E-state index contributed by atoms with van der Waals surface area (Å²) in [4.78, 5) is 0. The third-order valence-electron chi connectivity index (χ3n) is 2.25. The topological polar surface area (TPSA) is 26.0 Å². The van der Waals surface area contributed by atoms with Crippen molar-refractivity contribution in [3.8, 4) is 0 Å². The van der Waals surface area contributed by atoms with E-state index in [2.05, 4.69) is 44.7 Å². The van der Waals surface area contributed by atoms with E-state index >= 15 is 0 Å². The van der Waals surface area contributed by atoms with E-state index in [0.717, 1.165) is 17.6 Å². The Morgan fingerprint density at radius 2 is 1.86 bits per heavy atom. The molecule has 1 heteroatoms. The van der Waals surface area contributed by atoms with Crippen LogP contribution in [-0.4, -0.2) is 6.54 Å². The Labute approximate surface area is 86.6 Å². The number of rotatable bonds is 4. The van der Waals surface area contributed by atoms with Crippen molar-refractivity contribution in [2.75, 3.05) is 6.54 Å². The Morgan fingerprint density at radius 1 is 1.29 bits per heavy atom. The third-order valence-corrected chi connectivity index (χ3v) is 2.25. The summed E-state index contributed by atoms with van der Waals surface area (Å²) < 4.78 is 0. The van der Waals surface area contributed by atoms with E-state index in [9.17, 15) is 0 Å². The van der Waals surface area contributed by atoms with Gasteiger partial charge < -0.3 is 5.73 Å². The molecule has 0 heterocycles. The normalized spacial score (nSPS) is 10.6. The molecule has 0 aliphatic heterocycles. The molecular formula is C13H19N. The smallest absolute Gasteiger partial charge is 0.0178 e. The van der Waals surface area contributed by atoms with Crippen LogP contribution in [0.15, 0.2) is 30.8 Å². The molecule has 0 bridgehead atoms. The van der Waals surface area contributed by atoms with Crippen molar-refractivity contribution in [3.63, 3.8) is 0 Å². The second-order valence-corrected chi connectivity index (χ2v) is 4.10. The molecule has 0 aliphatic carbocycles. The van der Waals surface area contributed by atoms with Crippen molar-refractivity contribution in [1.29, 1.82) is 0 Å². The summed E-state index contributed by atoms with van der Waals surface area (Å²) in [5.74, 6) is 0.707. The maximum Gasteiger partial charge on any atom is 0.0178 e. The van der Waals surface area contributed by atoms with Gasteiger partial charge in [0.1, 0.15) is 0 Å². The van der Waals surface area contributed by atoms with Crippen LogP contribution >= 0.6 is 0 Å². The van der Waals surface area contributed by atoms with Crippen molar-refractivity contribution >= 4 is 5.57 Å². The third kappa shape index (κ3) is 3.00. The van der Waals surface area contributed by atoms with Gasteiger partial charge in [-0.15, -0.1) is 0 Å². The molecule has 0 radical (unpaired) electrons. The van der Waals surface area contributed by atoms with E-state index in [1.54, 1.807) is 0 Å². The molecule has 0 aromatic heterocycles. The van der Waals surface area contributed by atoms with Gasteiger partial charge in [0, 0.05) is 6.54 Å². The van der Waals surface area contributed by atoms with E-state index in [0.29, 0.717) is 12.5 Å². The SMILES string of the molecule is C=C(CN)c1ccc(CC(C)C)cc1. The van der Waals surface area contributed by atoms with Gasteiger partial charge in [0.2, 0.25) is 0 Å². The first-order valence-electron chi connectivity index (χ1n) is 5.10. The van der Waals surface area contributed by atoms with Crippen LogP contribution in [0.3, 0.4) is 0 Å². The van der Waals surface area contributed by atoms with E-state index < -0.39 is 0 Å². The highest BCUT2D eigenvalue weighted by molar-refractivity contribution is 5.64. The van der Waals surface area contributed by atoms with E-state index in [1.807, 2.05) is 0 Å². The Hall–Kier alpha value is -1.08. The summed E-state index contributed by atoms with van der Waals surface area (Å²) in [6, 6.07) is 8.53. The zero-order valence-corrected chi connectivity index (χ0v) is 9.09. The quantitative estimate of drug-likeness (QED) is 0.774. The molecule has 0 saturated heterocycles. The molecule has 2 N–H and O–H groups in total. The van der Waals surface area contributed by atoms with Crippen molar-refractivity contribution in [2.24, 2.45) is 11.7 Å². The summed E-state index contributed by atoms with van der Waals surface area (Å²) in [5.41, 5.74) is 9.06. The fourth-order valence-electron chi connectivity index (χ4n) is 1.47. The van der Waals surface area contributed by atoms with Gasteiger partial charge in [0.05, 0.1) is 0 Å². The minimum atomic E-state index is 0.531. The first-order chi connectivity index (χ1) is 6.63. The van der Waals surface area contributed by atoms with Crippen molar-refractivity contribution in [3.05, 3.63) is 42.0 Å². The lowest BCUT2D eigenvalue weighted by atomic mass is 10.00. The average Bonchev–Trinajstić information content (AvgIpc) is 2.17. The molecule has 0 aliphatic rings. The Bertz CT molecular complexity index is 296. The Morgan fingerprint density at radius 3 is 2.29 bits per heavy atom. The van der Waals surface area contributed by atoms with Gasteiger partial charge in [0.15, 0.2) is 0 Å². The number of hydrogen-bond donors (Lipinski definition) is 1. The van der Waals surface area contributed by atoms with Gasteiger partial charge in [0.25, 0.3) is 0 Å². The molecule has 0 fully saturated rings. The predicted octanol–water partition coefficient (Wildman–Crippen LogP) is 2.86. The molecule has 0 atom stereocenters. The lowest BCUT2D eigenvalue weighted by Gasteiger charge is -2.07. The van der Waals surface area contributed by atoms with Crippen LogP contribution in [0.4, 0.5) is 0 Å². The molecule has 14 heavy (non-hydrogen) atoms. The minimum absolute atomic E-state index is 0.531. The van der Waals surface area contributed by atoms with Crippen LogP contribution in [0, 0.1) is 5.92 Å². The monoisotopic (exact) mass is 189 g/mol. The maximum absolute atomic E-state index is 5.52. The summed E-state index contributed by atoms with van der Waals surface area (Å²) in [5, 5.41) is 0. The van der Waals surface area contributed by atoms with Crippen LogP contribution in [0.25, 0.3) is 5.57 Å². The number of benzene rings is 1. The summed E-state index contributed by atoms with van der Waals surface area (Å²) in [6.07, 6.45) is 1.13. The molecule has 1 aromatic carbocycles. The molecular weight excluding hydrogens is 170 g/mol. The minimum Gasteiger partial charge on any atom is -0.326 e. The van der Waals surface area contributed by atoms with Crippen LogP contribution in [0.1, 0.15) is 25.0 Å². The highest BCUT2D eigenvalue weighted by Gasteiger charge is 1.99. The zero-order valence-electron chi connectivity index (χ0n) is 9.09. The number of nitrogens with two attached hydrogens (primary N) is 1. The van der Waals surface area contributed by atoms with Crippen LogP contribution < -0.4 is 5.73 Å². The molecule has 1 aromatic rings. The molecule has 76 valence electrons. The molecule has 1 nitrogen and oxygen atoms in total. The van der Waals surface area contributed by atoms with Gasteiger partial charge in [-0.1, -0.05) is 44.7 Å². The van der Waals surface area contributed by atoms with Gasteiger partial charge >= 0.3 is 0 Å². The lowest BCUT2D eigenvalue weighted by Crippen LogP contribution is -2.01. The van der Waals surface area contributed by atoms with Crippen LogP contribution in [-0.2, 0) is 6.42 Å². The van der Waals surface area contributed by atoms with E-state index in [-0.39, 0.29) is 0 Å². The van der Waals surface area contributed by atoms with Crippen LogP contribution in [0.5, 0.6) is 0 Å². The van der Waals surface area contributed by atoms with Crippen LogP contribution in [0.2, 0.25) is 0 Å². The standard InChI is InChI=1S/C13H19N/c1-10(2)8-12-4-6-13(7-5-12)11(3)9-14/h4-7,10H,3,8-9,14H2,1-2H3. The predicted molar refractivity (Wildman–Crippen MR) is 63.1 cm³/mol. The van der Waals surface area contributed by atoms with Gasteiger partial charge in [-0.2, -0.15) is 0 Å². The molecule has 0 spiro atoms. The van der Waals surface area contributed by atoms with E-state index in [1.165, 1.54) is 5.56 Å². The fraction of sp³-hybridized carbons (Fsp3) is 0.385. The molecule has 1 rings (SSSR count). The highest BCUT2D eigenvalue weighted by atomic mass is 14.5. The number of hydrogen-bond acceptors (Lipinski definition) is 1. The van der Waals surface area contributed by atoms with Gasteiger partial charge in [-0.25, -0.2) is 0 Å².